The Bertz CT molecular complexity index is 180. The number of alkyl halides is 2. The van der Waals surface area contributed by atoms with Crippen LogP contribution >= 0.6 is 11.8 Å². The van der Waals surface area contributed by atoms with Gasteiger partial charge in [0, 0.05) is 0 Å². The van der Waals surface area contributed by atoms with Crippen molar-refractivity contribution >= 4 is 27.5 Å². The number of rotatable bonds is 7. The average Bonchev–Trinajstić information content (AvgIpc) is 2.09. The van der Waals surface area contributed by atoms with Gasteiger partial charge in [0.25, 0.3) is 0 Å². The van der Waals surface area contributed by atoms with Gasteiger partial charge in [-0.1, -0.05) is 13.5 Å². The highest BCUT2D eigenvalue weighted by atomic mass is 32.2. The van der Waals surface area contributed by atoms with Crippen molar-refractivity contribution in [2.75, 3.05) is 5.75 Å². The summed E-state index contributed by atoms with van der Waals surface area (Å²) < 4.78 is 25.5. The summed E-state index contributed by atoms with van der Waals surface area (Å²) in [5.41, 5.74) is -2.70. The first-order chi connectivity index (χ1) is 6.38. The maximum absolute atomic E-state index is 12.9. The molecule has 0 aliphatic rings. The topological polar surface area (TPSA) is 0 Å². The molecule has 0 nitrogen and oxygen atoms in total. The number of hydrogen-bond donors (Lipinski definition) is 0. The lowest BCUT2D eigenvalue weighted by Gasteiger charge is -2.20. The van der Waals surface area contributed by atoms with Crippen LogP contribution in [0.3, 0.4) is 0 Å². The SMILES string of the molecule is [B]C([B])(F)C(F)CCCSC(=C)CC. The average molecular weight is 214 g/mol. The predicted octanol–water partition coefficient (Wildman–Crippen LogP) is 2.72. The minimum absolute atomic E-state index is 0.0491. The minimum atomic E-state index is -2.70. The summed E-state index contributed by atoms with van der Waals surface area (Å²) in [6.45, 7) is 5.78. The van der Waals surface area contributed by atoms with Crippen molar-refractivity contribution in [1.29, 1.82) is 0 Å². The monoisotopic (exact) mass is 214 g/mol. The van der Waals surface area contributed by atoms with E-state index in [0.717, 1.165) is 17.1 Å². The van der Waals surface area contributed by atoms with E-state index in [9.17, 15) is 8.78 Å². The van der Waals surface area contributed by atoms with Crippen molar-refractivity contribution in [3.63, 3.8) is 0 Å². The summed E-state index contributed by atoms with van der Waals surface area (Å²) in [4.78, 5) is 1.05. The van der Waals surface area contributed by atoms with Crippen molar-refractivity contribution in [2.45, 2.75) is 37.8 Å². The van der Waals surface area contributed by atoms with Crippen LogP contribution in [0.5, 0.6) is 0 Å². The zero-order valence-corrected chi connectivity index (χ0v) is 9.25. The van der Waals surface area contributed by atoms with E-state index in [4.69, 9.17) is 15.7 Å². The molecule has 4 radical (unpaired) electrons. The Morgan fingerprint density at radius 1 is 1.57 bits per heavy atom. The Kier molecular flexibility index (Phi) is 6.58. The molecule has 0 saturated carbocycles. The molecule has 14 heavy (non-hydrogen) atoms. The molecule has 1 unspecified atom stereocenters. The molecule has 0 aliphatic carbocycles. The Balaban J connectivity index is 3.50. The molecule has 0 rings (SSSR count). The third kappa shape index (κ3) is 6.52. The van der Waals surface area contributed by atoms with Crippen molar-refractivity contribution in [2.24, 2.45) is 0 Å². The van der Waals surface area contributed by atoms with Gasteiger partial charge in [0.2, 0.25) is 0 Å². The van der Waals surface area contributed by atoms with Gasteiger partial charge in [0.15, 0.2) is 0 Å². The van der Waals surface area contributed by atoms with Crippen LogP contribution in [0.1, 0.15) is 26.2 Å². The fourth-order valence-electron chi connectivity index (χ4n) is 0.802. The Morgan fingerprint density at radius 3 is 2.57 bits per heavy atom. The summed E-state index contributed by atoms with van der Waals surface area (Å²) in [5.74, 6) is 0.725. The fourth-order valence-corrected chi connectivity index (χ4v) is 1.61. The zero-order chi connectivity index (χ0) is 11.2. The van der Waals surface area contributed by atoms with E-state index in [2.05, 4.69) is 6.58 Å². The van der Waals surface area contributed by atoms with Crippen molar-refractivity contribution in [1.82, 2.24) is 0 Å². The first-order valence-electron chi connectivity index (χ1n) is 4.59. The van der Waals surface area contributed by atoms with Gasteiger partial charge in [-0.05, 0) is 29.9 Å². The summed E-state index contributed by atoms with van der Waals surface area (Å²) in [6, 6.07) is 0. The minimum Gasteiger partial charge on any atom is -0.262 e. The zero-order valence-electron chi connectivity index (χ0n) is 8.43. The fraction of sp³-hybridized carbons (Fsp3) is 0.778. The molecule has 0 heterocycles. The second-order valence-electron chi connectivity index (χ2n) is 3.18. The molecule has 76 valence electrons. The number of allylic oxidation sites excluding steroid dienone is 1. The van der Waals surface area contributed by atoms with Gasteiger partial charge < -0.3 is 0 Å². The van der Waals surface area contributed by atoms with Crippen molar-refractivity contribution in [3.05, 3.63) is 11.5 Å². The second-order valence-corrected chi connectivity index (χ2v) is 4.45. The standard InChI is InChI=1S/C9H14B2F2S/c1-3-7(2)14-6-4-5-8(12)9(10,11)13/h8H,2-6H2,1H3. The molecular weight excluding hydrogens is 200 g/mol. The molecule has 0 fully saturated rings. The van der Waals surface area contributed by atoms with Crippen LogP contribution in [0.2, 0.25) is 0 Å². The van der Waals surface area contributed by atoms with Crippen LogP contribution in [0.4, 0.5) is 8.78 Å². The van der Waals surface area contributed by atoms with Gasteiger partial charge in [-0.3, -0.25) is 4.39 Å². The van der Waals surface area contributed by atoms with Gasteiger partial charge in [0.05, 0.1) is 5.47 Å². The molecule has 5 heteroatoms. The maximum atomic E-state index is 12.9. The van der Waals surface area contributed by atoms with E-state index < -0.39 is 11.6 Å². The maximum Gasteiger partial charge on any atom is 0.117 e. The van der Waals surface area contributed by atoms with Gasteiger partial charge in [-0.15, -0.1) is 11.8 Å². The summed E-state index contributed by atoms with van der Waals surface area (Å²) in [6.07, 6.45) is -0.304. The molecule has 0 saturated heterocycles. The second kappa shape index (κ2) is 6.54. The largest absolute Gasteiger partial charge is 0.262 e. The molecule has 0 amide bonds. The van der Waals surface area contributed by atoms with Crippen LogP contribution in [0.25, 0.3) is 0 Å². The summed E-state index contributed by atoms with van der Waals surface area (Å²) in [7, 11) is 9.52. The molecule has 1 atom stereocenters. The van der Waals surface area contributed by atoms with Crippen LogP contribution in [0.15, 0.2) is 11.5 Å². The van der Waals surface area contributed by atoms with Gasteiger partial charge >= 0.3 is 0 Å². The van der Waals surface area contributed by atoms with Crippen LogP contribution < -0.4 is 0 Å². The number of thioether (sulfide) groups is 1. The smallest absolute Gasteiger partial charge is 0.117 e. The van der Waals surface area contributed by atoms with E-state index in [1.165, 1.54) is 0 Å². The van der Waals surface area contributed by atoms with Gasteiger partial charge in [-0.25, -0.2) is 4.39 Å². The molecule has 0 N–H and O–H groups in total. The molecule has 0 aliphatic heterocycles. The Labute approximate surface area is 91.7 Å². The van der Waals surface area contributed by atoms with Crippen LogP contribution in [-0.4, -0.2) is 33.1 Å². The molecule has 0 aromatic heterocycles. The van der Waals surface area contributed by atoms with E-state index >= 15 is 0 Å². The van der Waals surface area contributed by atoms with E-state index in [-0.39, 0.29) is 6.42 Å². The van der Waals surface area contributed by atoms with E-state index in [0.29, 0.717) is 6.42 Å². The molecular formula is C9H14B2F2S. The quantitative estimate of drug-likeness (QED) is 0.463. The Hall–Kier alpha value is 0.0799. The van der Waals surface area contributed by atoms with E-state index in [1.54, 1.807) is 11.8 Å². The lowest BCUT2D eigenvalue weighted by atomic mass is 9.63. The van der Waals surface area contributed by atoms with E-state index in [1.807, 2.05) is 6.92 Å². The van der Waals surface area contributed by atoms with Crippen molar-refractivity contribution < 1.29 is 8.78 Å². The highest BCUT2D eigenvalue weighted by Gasteiger charge is 2.26. The van der Waals surface area contributed by atoms with Gasteiger partial charge in [0.1, 0.15) is 21.9 Å². The Morgan fingerprint density at radius 2 is 2.14 bits per heavy atom. The highest BCUT2D eigenvalue weighted by Crippen LogP contribution is 2.21. The molecule has 0 spiro atoms. The lowest BCUT2D eigenvalue weighted by Crippen LogP contribution is -2.35. The number of halogens is 2. The van der Waals surface area contributed by atoms with Gasteiger partial charge in [-0.2, -0.15) is 0 Å². The third-order valence-corrected chi connectivity index (χ3v) is 2.97. The summed E-state index contributed by atoms with van der Waals surface area (Å²) in [5, 5.41) is 0. The molecule has 0 aromatic carbocycles. The van der Waals surface area contributed by atoms with Crippen LogP contribution in [-0.2, 0) is 0 Å². The molecule has 0 aromatic rings. The van der Waals surface area contributed by atoms with Crippen LogP contribution in [0, 0.1) is 0 Å². The molecule has 0 bridgehead atoms. The third-order valence-electron chi connectivity index (χ3n) is 1.78. The number of hydrogen-bond acceptors (Lipinski definition) is 1. The van der Waals surface area contributed by atoms with Crippen molar-refractivity contribution in [3.8, 4) is 0 Å². The lowest BCUT2D eigenvalue weighted by molar-refractivity contribution is 0.185. The summed E-state index contributed by atoms with van der Waals surface area (Å²) >= 11 is 1.56. The highest BCUT2D eigenvalue weighted by molar-refractivity contribution is 8.03. The first-order valence-corrected chi connectivity index (χ1v) is 5.57. The first kappa shape index (κ1) is 14.1. The predicted molar refractivity (Wildman–Crippen MR) is 61.4 cm³/mol. The normalized spacial score (nSPS) is 13.9.